The van der Waals surface area contributed by atoms with Gasteiger partial charge in [0.15, 0.2) is 11.0 Å². The Balaban J connectivity index is 1.39. The van der Waals surface area contributed by atoms with Gasteiger partial charge in [0.05, 0.1) is 27.0 Å². The summed E-state index contributed by atoms with van der Waals surface area (Å²) in [6, 6.07) is 26.7. The van der Waals surface area contributed by atoms with E-state index in [9.17, 15) is 4.79 Å². The van der Waals surface area contributed by atoms with Crippen molar-refractivity contribution in [2.75, 3.05) is 14.2 Å². The first-order valence-electron chi connectivity index (χ1n) is 11.9. The van der Waals surface area contributed by atoms with E-state index < -0.39 is 0 Å². The van der Waals surface area contributed by atoms with Gasteiger partial charge in [0.2, 0.25) is 0 Å². The van der Waals surface area contributed by atoms with Gasteiger partial charge < -0.3 is 19.2 Å². The summed E-state index contributed by atoms with van der Waals surface area (Å²) < 4.78 is 18.1. The van der Waals surface area contributed by atoms with E-state index in [2.05, 4.69) is 15.5 Å². The quantitative estimate of drug-likeness (QED) is 0.231. The van der Waals surface area contributed by atoms with Gasteiger partial charge in [-0.05, 0) is 66.2 Å². The van der Waals surface area contributed by atoms with Crippen LogP contribution in [0.1, 0.15) is 21.7 Å². The lowest BCUT2D eigenvalue weighted by Gasteiger charge is -2.12. The Morgan fingerprint density at radius 1 is 0.921 bits per heavy atom. The molecule has 0 spiro atoms. The molecule has 0 aliphatic rings. The predicted octanol–water partition coefficient (Wildman–Crippen LogP) is 5.77. The van der Waals surface area contributed by atoms with E-state index in [0.717, 1.165) is 33.5 Å². The molecule has 2 heterocycles. The van der Waals surface area contributed by atoms with Crippen LogP contribution in [0.2, 0.25) is 0 Å². The van der Waals surface area contributed by atoms with Crippen molar-refractivity contribution in [3.05, 3.63) is 108 Å². The van der Waals surface area contributed by atoms with Crippen molar-refractivity contribution in [3.8, 4) is 28.6 Å². The van der Waals surface area contributed by atoms with E-state index in [0.29, 0.717) is 29.4 Å². The summed E-state index contributed by atoms with van der Waals surface area (Å²) in [5, 5.41) is 12.6. The molecule has 5 rings (SSSR count). The van der Waals surface area contributed by atoms with Gasteiger partial charge in [-0.3, -0.25) is 9.36 Å². The number of benzene rings is 3. The number of methoxy groups -OCH3 is 2. The normalized spacial score (nSPS) is 10.8. The van der Waals surface area contributed by atoms with E-state index in [1.54, 1.807) is 44.4 Å². The minimum atomic E-state index is -0.157. The predicted molar refractivity (Wildman–Crippen MR) is 146 cm³/mol. The first kappa shape index (κ1) is 25.2. The molecular formula is C29H26N4O4S. The van der Waals surface area contributed by atoms with Gasteiger partial charge in [0.1, 0.15) is 17.3 Å². The molecule has 1 N–H and O–H groups in total. The van der Waals surface area contributed by atoms with E-state index in [4.69, 9.17) is 13.9 Å². The van der Waals surface area contributed by atoms with Crippen LogP contribution in [0.5, 0.6) is 11.5 Å². The number of aromatic nitrogens is 3. The first-order chi connectivity index (χ1) is 18.6. The highest BCUT2D eigenvalue weighted by Crippen LogP contribution is 2.32. The third kappa shape index (κ3) is 5.73. The van der Waals surface area contributed by atoms with Crippen molar-refractivity contribution in [3.63, 3.8) is 0 Å². The van der Waals surface area contributed by atoms with Crippen molar-refractivity contribution < 1.29 is 18.7 Å². The molecule has 9 heteroatoms. The summed E-state index contributed by atoms with van der Waals surface area (Å²) in [6.07, 6.45) is 1.59. The maximum Gasteiger partial charge on any atom is 0.251 e. The van der Waals surface area contributed by atoms with Crippen LogP contribution in [-0.4, -0.2) is 34.9 Å². The van der Waals surface area contributed by atoms with Crippen LogP contribution in [0.4, 0.5) is 0 Å². The molecular weight excluding hydrogens is 500 g/mol. The van der Waals surface area contributed by atoms with Crippen molar-refractivity contribution >= 4 is 17.7 Å². The molecule has 0 saturated heterocycles. The van der Waals surface area contributed by atoms with Crippen LogP contribution in [-0.2, 0) is 12.3 Å². The van der Waals surface area contributed by atoms with Crippen molar-refractivity contribution in [1.29, 1.82) is 0 Å². The molecule has 3 aromatic carbocycles. The van der Waals surface area contributed by atoms with Crippen LogP contribution >= 0.6 is 11.8 Å². The minimum Gasteiger partial charge on any atom is -0.497 e. The molecule has 0 fully saturated rings. The van der Waals surface area contributed by atoms with E-state index in [1.807, 2.05) is 77.4 Å². The van der Waals surface area contributed by atoms with Crippen LogP contribution < -0.4 is 14.8 Å². The highest BCUT2D eigenvalue weighted by atomic mass is 32.2. The van der Waals surface area contributed by atoms with Gasteiger partial charge in [-0.1, -0.05) is 36.0 Å². The summed E-state index contributed by atoms with van der Waals surface area (Å²) >= 11 is 1.54. The summed E-state index contributed by atoms with van der Waals surface area (Å²) in [5.41, 5.74) is 3.37. The SMILES string of the molecule is COc1ccc(-n2c(SCc3cccc(C(=O)NCc4ccco4)c3)nnc2-c2cccc(OC)c2)cc1. The van der Waals surface area contributed by atoms with Crippen LogP contribution in [0.15, 0.2) is 101 Å². The van der Waals surface area contributed by atoms with Gasteiger partial charge in [0.25, 0.3) is 5.91 Å². The largest absolute Gasteiger partial charge is 0.497 e. The molecule has 0 radical (unpaired) electrons. The number of furan rings is 1. The molecule has 0 unspecified atom stereocenters. The third-order valence-corrected chi connectivity index (χ3v) is 6.85. The highest BCUT2D eigenvalue weighted by molar-refractivity contribution is 7.98. The second-order valence-corrected chi connectivity index (χ2v) is 9.27. The van der Waals surface area contributed by atoms with Crippen molar-refractivity contribution in [2.24, 2.45) is 0 Å². The van der Waals surface area contributed by atoms with Crippen LogP contribution in [0.25, 0.3) is 17.1 Å². The smallest absolute Gasteiger partial charge is 0.251 e. The standard InChI is InChI=1S/C29H26N4O4S/c1-35-24-13-11-23(12-14-24)33-27(21-7-4-9-25(17-21)36-2)31-32-29(33)38-19-20-6-3-8-22(16-20)28(34)30-18-26-10-5-15-37-26/h3-17H,18-19H2,1-2H3,(H,30,34). The number of hydrogen-bond donors (Lipinski definition) is 1. The van der Waals surface area contributed by atoms with Crippen LogP contribution in [0.3, 0.4) is 0 Å². The molecule has 2 aromatic heterocycles. The Labute approximate surface area is 224 Å². The topological polar surface area (TPSA) is 91.4 Å². The molecule has 5 aromatic rings. The number of nitrogens with one attached hydrogen (secondary N) is 1. The Morgan fingerprint density at radius 3 is 2.50 bits per heavy atom. The maximum atomic E-state index is 12.7. The second-order valence-electron chi connectivity index (χ2n) is 8.32. The molecule has 0 aliphatic heterocycles. The monoisotopic (exact) mass is 526 g/mol. The average molecular weight is 527 g/mol. The number of carbonyl (C=O) groups is 1. The number of hydrogen-bond acceptors (Lipinski definition) is 7. The van der Waals surface area contributed by atoms with E-state index >= 15 is 0 Å². The lowest BCUT2D eigenvalue weighted by atomic mass is 10.1. The van der Waals surface area contributed by atoms with Gasteiger partial charge >= 0.3 is 0 Å². The zero-order chi connectivity index (χ0) is 26.3. The molecule has 0 saturated carbocycles. The Bertz CT molecular complexity index is 1510. The van der Waals surface area contributed by atoms with Gasteiger partial charge in [0, 0.05) is 22.6 Å². The lowest BCUT2D eigenvalue weighted by molar-refractivity contribution is 0.0948. The molecule has 8 nitrogen and oxygen atoms in total. The van der Waals surface area contributed by atoms with Gasteiger partial charge in [-0.25, -0.2) is 0 Å². The van der Waals surface area contributed by atoms with Crippen LogP contribution in [0, 0.1) is 0 Å². The van der Waals surface area contributed by atoms with E-state index in [-0.39, 0.29) is 5.91 Å². The summed E-state index contributed by atoms with van der Waals surface area (Å²) in [6.45, 7) is 0.336. The Hall–Kier alpha value is -4.50. The molecule has 192 valence electrons. The molecule has 0 aliphatic carbocycles. The fourth-order valence-electron chi connectivity index (χ4n) is 3.91. The number of carbonyl (C=O) groups excluding carboxylic acids is 1. The summed E-state index contributed by atoms with van der Waals surface area (Å²) in [4.78, 5) is 12.7. The molecule has 38 heavy (non-hydrogen) atoms. The molecule has 0 bridgehead atoms. The first-order valence-corrected chi connectivity index (χ1v) is 12.9. The molecule has 1 amide bonds. The maximum absolute atomic E-state index is 12.7. The number of thioether (sulfide) groups is 1. The van der Waals surface area contributed by atoms with Gasteiger partial charge in [-0.15, -0.1) is 10.2 Å². The van der Waals surface area contributed by atoms with E-state index in [1.165, 1.54) is 0 Å². The second kappa shape index (κ2) is 11.7. The van der Waals surface area contributed by atoms with Gasteiger partial charge in [-0.2, -0.15) is 0 Å². The highest BCUT2D eigenvalue weighted by Gasteiger charge is 2.17. The number of rotatable bonds is 10. The van der Waals surface area contributed by atoms with Crippen molar-refractivity contribution in [1.82, 2.24) is 20.1 Å². The minimum absolute atomic E-state index is 0.157. The summed E-state index contributed by atoms with van der Waals surface area (Å²) in [5.74, 6) is 3.35. The van der Waals surface area contributed by atoms with Crippen molar-refractivity contribution in [2.45, 2.75) is 17.5 Å². The fourth-order valence-corrected chi connectivity index (χ4v) is 4.80. The fraction of sp³-hybridized carbons (Fsp3) is 0.138. The zero-order valence-corrected chi connectivity index (χ0v) is 21.8. The number of amides is 1. The lowest BCUT2D eigenvalue weighted by Crippen LogP contribution is -2.22. The summed E-state index contributed by atoms with van der Waals surface area (Å²) in [7, 11) is 3.28. The third-order valence-electron chi connectivity index (χ3n) is 5.85. The number of nitrogens with zero attached hydrogens (tertiary/aromatic N) is 3. The Kier molecular flexibility index (Phi) is 7.75. The average Bonchev–Trinajstić information content (AvgIpc) is 3.65. The Morgan fingerprint density at radius 2 is 1.74 bits per heavy atom. The zero-order valence-electron chi connectivity index (χ0n) is 21.0. The molecule has 0 atom stereocenters. The number of ether oxygens (including phenoxy) is 2.